The number of nitrogens with one attached hydrogen (secondary N) is 1. The fourth-order valence-electron chi connectivity index (χ4n) is 11.1. The number of carbonyl (C=O) groups is 2. The van der Waals surface area contributed by atoms with Crippen molar-refractivity contribution in [2.45, 2.75) is 323 Å². The molecule has 472 valence electrons. The predicted molar refractivity (Wildman–Crippen MR) is 295 cm³/mol. The third-order valence-corrected chi connectivity index (χ3v) is 16.4. The summed E-state index contributed by atoms with van der Waals surface area (Å²) in [6.07, 6.45) is 1.71. The minimum atomic E-state index is -2.93. The van der Waals surface area contributed by atoms with Crippen LogP contribution in [0.15, 0.2) is 0 Å². The number of aliphatic hydroxyl groups is 12. The Morgan fingerprint density at radius 2 is 1.06 bits per heavy atom. The van der Waals surface area contributed by atoms with Gasteiger partial charge in [-0.1, -0.05) is 188 Å². The van der Waals surface area contributed by atoms with Crippen LogP contribution in [0.1, 0.15) is 213 Å². The number of ether oxygens (including phenoxy) is 6. The van der Waals surface area contributed by atoms with Crippen molar-refractivity contribution >= 4 is 11.9 Å². The molecule has 3 saturated heterocycles. The molecule has 22 nitrogen and oxygen atoms in total. The van der Waals surface area contributed by atoms with Crippen LogP contribution in [0.25, 0.3) is 0 Å². The smallest absolute Gasteiger partial charge is 0.364 e. The van der Waals surface area contributed by atoms with E-state index in [1.54, 1.807) is 0 Å². The monoisotopic (exact) mass is 1160 g/mol. The molecule has 0 aromatic rings. The maximum absolute atomic E-state index is 13.4. The van der Waals surface area contributed by atoms with Gasteiger partial charge in [-0.15, -0.1) is 0 Å². The highest BCUT2D eigenvalue weighted by Crippen LogP contribution is 2.40. The summed E-state index contributed by atoms with van der Waals surface area (Å²) in [6.45, 7) is 2.47. The molecule has 1 amide bonds. The molecule has 19 atom stereocenters. The highest BCUT2D eigenvalue weighted by molar-refractivity contribution is 5.76. The zero-order chi connectivity index (χ0) is 59.0. The van der Waals surface area contributed by atoms with Crippen molar-refractivity contribution < 1.29 is 104 Å². The Hall–Kier alpha value is -1.78. The summed E-state index contributed by atoms with van der Waals surface area (Å²) in [5.41, 5.74) is 0. The van der Waals surface area contributed by atoms with Crippen LogP contribution < -0.4 is 5.32 Å². The average Bonchev–Trinajstić information content (AvgIpc) is 3.54. The van der Waals surface area contributed by atoms with Crippen LogP contribution >= 0.6 is 0 Å². The molecular weight excluding hydrogens is 1050 g/mol. The van der Waals surface area contributed by atoms with E-state index in [1.165, 1.54) is 116 Å². The van der Waals surface area contributed by atoms with Crippen molar-refractivity contribution in [2.75, 3.05) is 26.4 Å². The minimum absolute atomic E-state index is 0.155. The number of carboxylic acid groups (broad SMARTS) is 1. The standard InChI is InChI=1S/C58H109NO21/c1-4-6-8-10-12-14-16-18-19-20-22-24-26-28-30-32-45(66)59-39(46(67)40(63)31-29-27-25-23-21-17-15-13-11-9-7-5-2)37-75-55-50(71)49(70)53(44(36-62)77-55)78-56-51(72)54(48(69)43(35-61)76-56)80-58(57(73)74)33-41(64)38(3)52(79-58)47(68)42(65)34-60/h38-44,46-56,60-65,67-72H,4-37H2,1-3H3,(H,59,66)(H,73,74)/t38-,39-,40+,41?,42+,43?,44+,46-,47+,48-,49?,50?,51?,52+,53+,54-,55-,56-,58-/m0/s1. The molecule has 0 bridgehead atoms. The van der Waals surface area contributed by atoms with Crippen LogP contribution in [-0.2, 0) is 38.0 Å². The Balaban J connectivity index is 1.64. The van der Waals surface area contributed by atoms with Gasteiger partial charge in [0.1, 0.15) is 67.1 Å². The van der Waals surface area contributed by atoms with Crippen molar-refractivity contribution in [2.24, 2.45) is 5.92 Å². The summed E-state index contributed by atoms with van der Waals surface area (Å²) >= 11 is 0. The third kappa shape index (κ3) is 24.3. The summed E-state index contributed by atoms with van der Waals surface area (Å²) in [7, 11) is 0. The first-order valence-corrected chi connectivity index (χ1v) is 30.8. The molecule has 3 heterocycles. The van der Waals surface area contributed by atoms with Gasteiger partial charge in [0.15, 0.2) is 12.6 Å². The molecule has 22 heteroatoms. The molecule has 80 heavy (non-hydrogen) atoms. The zero-order valence-corrected chi connectivity index (χ0v) is 48.5. The minimum Gasteiger partial charge on any atom is -0.477 e. The molecule has 0 radical (unpaired) electrons. The first-order valence-electron chi connectivity index (χ1n) is 30.8. The van der Waals surface area contributed by atoms with Crippen LogP contribution in [0.5, 0.6) is 0 Å². The number of hydrogen-bond acceptors (Lipinski definition) is 20. The Morgan fingerprint density at radius 1 is 0.588 bits per heavy atom. The van der Waals surface area contributed by atoms with Crippen LogP contribution in [-0.4, -0.2) is 215 Å². The Bertz CT molecular complexity index is 1610. The number of carboxylic acids is 1. The number of carbonyl (C=O) groups excluding carboxylic acids is 1. The maximum Gasteiger partial charge on any atom is 0.364 e. The highest BCUT2D eigenvalue weighted by atomic mass is 16.8. The maximum atomic E-state index is 13.4. The summed E-state index contributed by atoms with van der Waals surface area (Å²) < 4.78 is 34.6. The van der Waals surface area contributed by atoms with Crippen LogP contribution in [0.3, 0.4) is 0 Å². The van der Waals surface area contributed by atoms with Crippen LogP contribution in [0.2, 0.25) is 0 Å². The molecular formula is C58H109NO21. The normalized spacial score (nSPS) is 31.1. The van der Waals surface area contributed by atoms with E-state index >= 15 is 0 Å². The highest BCUT2D eigenvalue weighted by Gasteiger charge is 2.59. The van der Waals surface area contributed by atoms with Crippen molar-refractivity contribution in [3.63, 3.8) is 0 Å². The predicted octanol–water partition coefficient (Wildman–Crippen LogP) is 3.49. The molecule has 3 aliphatic rings. The summed E-state index contributed by atoms with van der Waals surface area (Å²) in [6, 6.07) is -1.20. The van der Waals surface area contributed by atoms with E-state index in [-0.39, 0.29) is 18.7 Å². The summed E-state index contributed by atoms with van der Waals surface area (Å²) in [4.78, 5) is 26.2. The van der Waals surface area contributed by atoms with Gasteiger partial charge in [0.25, 0.3) is 5.79 Å². The second kappa shape index (κ2) is 40.5. The largest absolute Gasteiger partial charge is 0.477 e. The van der Waals surface area contributed by atoms with Crippen molar-refractivity contribution in [1.82, 2.24) is 5.32 Å². The molecule has 5 unspecified atom stereocenters. The lowest BCUT2D eigenvalue weighted by Crippen LogP contribution is -2.68. The van der Waals surface area contributed by atoms with Crippen LogP contribution in [0.4, 0.5) is 0 Å². The van der Waals surface area contributed by atoms with Gasteiger partial charge in [0, 0.05) is 18.8 Å². The SMILES string of the molecule is CCCCCCCCCCCCCCCCCC(=O)N[C@@H](CO[C@H]1O[C@H](CO)[C@@H](O[C@@H]2OC(CO)[C@H](O)[C@H](O[C@]3(C(=O)O)CC(O)[C@H](C)[C@H]([C@H](O)[C@H](O)CO)O3)C2O)C(O)C1O)[C@H](O)[C@H](O)CCCCCCCCCCCCCC. The lowest BCUT2D eigenvalue weighted by Gasteiger charge is -2.50. The zero-order valence-electron chi connectivity index (χ0n) is 48.5. The number of rotatable bonds is 45. The lowest BCUT2D eigenvalue weighted by atomic mass is 9.84. The van der Waals surface area contributed by atoms with Gasteiger partial charge in [-0.25, -0.2) is 4.79 Å². The number of unbranched alkanes of at least 4 members (excludes halogenated alkanes) is 25. The lowest BCUT2D eigenvalue weighted by molar-refractivity contribution is -0.388. The third-order valence-electron chi connectivity index (χ3n) is 16.4. The van der Waals surface area contributed by atoms with Gasteiger partial charge in [-0.2, -0.15) is 0 Å². The van der Waals surface area contributed by atoms with E-state index in [9.17, 15) is 76.0 Å². The molecule has 14 N–H and O–H groups in total. The fourth-order valence-corrected chi connectivity index (χ4v) is 11.1. The van der Waals surface area contributed by atoms with Gasteiger partial charge in [-0.05, 0) is 12.8 Å². The summed E-state index contributed by atoms with van der Waals surface area (Å²) in [5.74, 6) is -6.23. The van der Waals surface area contributed by atoms with Gasteiger partial charge >= 0.3 is 5.97 Å². The summed E-state index contributed by atoms with van der Waals surface area (Å²) in [5, 5.41) is 143. The Kier molecular flexibility index (Phi) is 36.7. The van der Waals surface area contributed by atoms with Crippen molar-refractivity contribution in [3.05, 3.63) is 0 Å². The van der Waals surface area contributed by atoms with Gasteiger partial charge in [-0.3, -0.25) is 4.79 Å². The number of aliphatic hydroxyl groups excluding tert-OH is 12. The number of aliphatic carboxylic acids is 1. The van der Waals surface area contributed by atoms with Gasteiger partial charge < -0.3 is 100 Å². The van der Waals surface area contributed by atoms with Crippen LogP contribution in [0, 0.1) is 5.92 Å². The molecule has 3 rings (SSSR count). The molecule has 3 aliphatic heterocycles. The quantitative estimate of drug-likeness (QED) is 0.0388. The Labute approximate surface area is 475 Å². The first-order chi connectivity index (χ1) is 38.4. The molecule has 0 spiro atoms. The Morgan fingerprint density at radius 3 is 1.54 bits per heavy atom. The second-order valence-electron chi connectivity index (χ2n) is 23.1. The van der Waals surface area contributed by atoms with E-state index in [0.717, 1.165) is 51.4 Å². The van der Waals surface area contributed by atoms with Gasteiger partial charge in [0.05, 0.1) is 50.8 Å². The molecule has 0 aliphatic carbocycles. The van der Waals surface area contributed by atoms with Crippen molar-refractivity contribution in [1.29, 1.82) is 0 Å². The van der Waals surface area contributed by atoms with E-state index in [1.807, 2.05) is 0 Å². The topological polar surface area (TPSA) is 365 Å². The fraction of sp³-hybridized carbons (Fsp3) is 0.966. The molecule has 0 aromatic heterocycles. The molecule has 0 aromatic carbocycles. The number of amides is 1. The van der Waals surface area contributed by atoms with Gasteiger partial charge in [0.2, 0.25) is 5.91 Å². The second-order valence-corrected chi connectivity index (χ2v) is 23.1. The molecule has 0 saturated carbocycles. The molecule has 3 fully saturated rings. The van der Waals surface area contributed by atoms with E-state index in [2.05, 4.69) is 19.2 Å². The van der Waals surface area contributed by atoms with Crippen molar-refractivity contribution in [3.8, 4) is 0 Å². The average molecular weight is 1160 g/mol. The van der Waals surface area contributed by atoms with E-state index in [4.69, 9.17) is 28.4 Å². The number of hydrogen-bond donors (Lipinski definition) is 14. The van der Waals surface area contributed by atoms with E-state index < -0.39 is 155 Å². The first kappa shape index (κ1) is 72.5. The van der Waals surface area contributed by atoms with E-state index in [0.29, 0.717) is 12.8 Å².